The van der Waals surface area contributed by atoms with Gasteiger partial charge in [0, 0.05) is 16.9 Å². The summed E-state index contributed by atoms with van der Waals surface area (Å²) in [5, 5.41) is 6.20. The summed E-state index contributed by atoms with van der Waals surface area (Å²) in [5.41, 5.74) is 5.52. The smallest absolute Gasteiger partial charge is 0.266 e. The highest BCUT2D eigenvalue weighted by molar-refractivity contribution is 7.80. The van der Waals surface area contributed by atoms with Crippen LogP contribution in [0.25, 0.3) is 0 Å². The van der Waals surface area contributed by atoms with Gasteiger partial charge in [0.05, 0.1) is 0 Å². The van der Waals surface area contributed by atoms with Gasteiger partial charge in [-0.15, -0.1) is 0 Å². The predicted molar refractivity (Wildman–Crippen MR) is 118 cm³/mol. The predicted octanol–water partition coefficient (Wildman–Crippen LogP) is 5.64. The summed E-state index contributed by atoms with van der Waals surface area (Å²) in [6.07, 6.45) is 0. The third-order valence-corrected chi connectivity index (χ3v) is 4.64. The van der Waals surface area contributed by atoms with Crippen molar-refractivity contribution >= 4 is 34.7 Å². The van der Waals surface area contributed by atoms with Gasteiger partial charge in [-0.2, -0.15) is 0 Å². The number of rotatable bonds is 4. The van der Waals surface area contributed by atoms with Crippen molar-refractivity contribution in [3.8, 4) is 5.75 Å². The molecule has 0 unspecified atom stereocenters. The normalized spacial score (nSPS) is 10.2. The first-order valence-electron chi connectivity index (χ1n) is 8.95. The van der Waals surface area contributed by atoms with Crippen LogP contribution >= 0.6 is 12.2 Å². The van der Waals surface area contributed by atoms with E-state index in [1.54, 1.807) is 24.3 Å². The van der Waals surface area contributed by atoms with Crippen LogP contribution < -0.4 is 15.4 Å². The van der Waals surface area contributed by atoms with Crippen LogP contribution in [0, 0.1) is 20.8 Å². The molecule has 3 aromatic rings. The standard InChI is InChI=1S/C23H22N2O2S/c1-15-11-12-19(13-17(15)3)24-22(26)18-8-6-9-20(14-18)27-23(28)25-21-10-5-4-7-16(21)2/h4-14H,1-3H3,(H,24,26)(H,25,28). The Hall–Kier alpha value is -3.18. The van der Waals surface area contributed by atoms with Crippen molar-refractivity contribution in [2.45, 2.75) is 20.8 Å². The number of benzene rings is 3. The lowest BCUT2D eigenvalue weighted by Gasteiger charge is -2.12. The molecule has 0 radical (unpaired) electrons. The number of hydrogen-bond donors (Lipinski definition) is 2. The van der Waals surface area contributed by atoms with E-state index in [0.29, 0.717) is 11.3 Å². The minimum atomic E-state index is -0.202. The Morgan fingerprint density at radius 2 is 1.61 bits per heavy atom. The molecule has 28 heavy (non-hydrogen) atoms. The number of nitrogens with one attached hydrogen (secondary N) is 2. The van der Waals surface area contributed by atoms with E-state index in [1.165, 1.54) is 5.56 Å². The van der Waals surface area contributed by atoms with Crippen LogP contribution in [0.1, 0.15) is 27.0 Å². The highest BCUT2D eigenvalue weighted by Gasteiger charge is 2.10. The highest BCUT2D eigenvalue weighted by atomic mass is 32.1. The number of anilines is 2. The SMILES string of the molecule is Cc1ccc(NC(=O)c2cccc(OC(=S)Nc3ccccc3C)c2)cc1C. The van der Waals surface area contributed by atoms with E-state index in [9.17, 15) is 4.79 Å². The molecule has 0 saturated carbocycles. The Labute approximate surface area is 170 Å². The molecule has 3 rings (SSSR count). The van der Waals surface area contributed by atoms with Crippen molar-refractivity contribution in [1.82, 2.24) is 0 Å². The average molecular weight is 391 g/mol. The maximum absolute atomic E-state index is 12.6. The molecule has 0 aliphatic carbocycles. The first-order chi connectivity index (χ1) is 13.4. The van der Waals surface area contributed by atoms with E-state index in [0.717, 1.165) is 22.5 Å². The molecule has 0 aliphatic heterocycles. The fourth-order valence-electron chi connectivity index (χ4n) is 2.68. The number of aryl methyl sites for hydroxylation is 3. The molecular weight excluding hydrogens is 368 g/mol. The monoisotopic (exact) mass is 390 g/mol. The molecule has 142 valence electrons. The van der Waals surface area contributed by atoms with E-state index >= 15 is 0 Å². The van der Waals surface area contributed by atoms with Gasteiger partial charge in [-0.25, -0.2) is 0 Å². The number of amides is 1. The van der Waals surface area contributed by atoms with Crippen LogP contribution in [0.5, 0.6) is 5.75 Å². The molecule has 0 aromatic heterocycles. The van der Waals surface area contributed by atoms with Crippen LogP contribution in [-0.4, -0.2) is 11.1 Å². The van der Waals surface area contributed by atoms with Crippen molar-refractivity contribution in [3.63, 3.8) is 0 Å². The molecule has 0 atom stereocenters. The van der Waals surface area contributed by atoms with Crippen molar-refractivity contribution in [3.05, 3.63) is 89.0 Å². The number of thiocarbonyl (C=S) groups is 1. The Morgan fingerprint density at radius 1 is 0.821 bits per heavy atom. The maximum atomic E-state index is 12.6. The zero-order valence-electron chi connectivity index (χ0n) is 16.1. The van der Waals surface area contributed by atoms with Gasteiger partial charge in [0.15, 0.2) is 0 Å². The van der Waals surface area contributed by atoms with Crippen LogP contribution in [0.15, 0.2) is 66.7 Å². The van der Waals surface area contributed by atoms with Crippen molar-refractivity contribution < 1.29 is 9.53 Å². The molecule has 0 saturated heterocycles. The largest absolute Gasteiger partial charge is 0.432 e. The lowest BCUT2D eigenvalue weighted by atomic mass is 10.1. The van der Waals surface area contributed by atoms with Gasteiger partial charge in [0.1, 0.15) is 5.75 Å². The lowest BCUT2D eigenvalue weighted by Crippen LogP contribution is -2.17. The number of carbonyl (C=O) groups excluding carboxylic acids is 1. The summed E-state index contributed by atoms with van der Waals surface area (Å²) in [5.74, 6) is 0.297. The maximum Gasteiger partial charge on any atom is 0.266 e. The van der Waals surface area contributed by atoms with Gasteiger partial charge in [0.25, 0.3) is 11.1 Å². The van der Waals surface area contributed by atoms with Gasteiger partial charge in [-0.3, -0.25) is 4.79 Å². The Balaban J connectivity index is 1.67. The van der Waals surface area contributed by atoms with Crippen LogP contribution in [-0.2, 0) is 0 Å². The van der Waals surface area contributed by atoms with Crippen molar-refractivity contribution in [2.75, 3.05) is 10.6 Å². The molecule has 2 N–H and O–H groups in total. The first kappa shape index (κ1) is 19.6. The third kappa shape index (κ3) is 4.96. The Kier molecular flexibility index (Phi) is 6.06. The van der Waals surface area contributed by atoms with Gasteiger partial charge in [-0.05, 0) is 86.1 Å². The van der Waals surface area contributed by atoms with E-state index in [1.807, 2.05) is 63.2 Å². The van der Waals surface area contributed by atoms with E-state index in [-0.39, 0.29) is 11.1 Å². The van der Waals surface area contributed by atoms with E-state index in [2.05, 4.69) is 10.6 Å². The molecule has 0 heterocycles. The Bertz CT molecular complexity index is 1030. The average Bonchev–Trinajstić information content (AvgIpc) is 2.67. The summed E-state index contributed by atoms with van der Waals surface area (Å²) in [7, 11) is 0. The first-order valence-corrected chi connectivity index (χ1v) is 9.36. The second kappa shape index (κ2) is 8.67. The number of ether oxygens (including phenoxy) is 1. The molecule has 0 bridgehead atoms. The quantitative estimate of drug-likeness (QED) is 0.566. The third-order valence-electron chi connectivity index (χ3n) is 4.45. The summed E-state index contributed by atoms with van der Waals surface area (Å²) >= 11 is 5.28. The molecule has 0 fully saturated rings. The number of para-hydroxylation sites is 1. The molecule has 0 aliphatic rings. The van der Waals surface area contributed by atoms with Crippen LogP contribution in [0.3, 0.4) is 0 Å². The second-order valence-electron chi connectivity index (χ2n) is 6.61. The van der Waals surface area contributed by atoms with E-state index in [4.69, 9.17) is 17.0 Å². The van der Waals surface area contributed by atoms with Crippen LogP contribution in [0.4, 0.5) is 11.4 Å². The fraction of sp³-hybridized carbons (Fsp3) is 0.130. The molecule has 4 nitrogen and oxygen atoms in total. The zero-order chi connectivity index (χ0) is 20.1. The fourth-order valence-corrected chi connectivity index (χ4v) is 2.89. The molecule has 1 amide bonds. The van der Waals surface area contributed by atoms with Gasteiger partial charge >= 0.3 is 0 Å². The molecule has 3 aromatic carbocycles. The van der Waals surface area contributed by atoms with Crippen molar-refractivity contribution in [1.29, 1.82) is 0 Å². The topological polar surface area (TPSA) is 50.4 Å². The van der Waals surface area contributed by atoms with Gasteiger partial charge in [0.2, 0.25) is 0 Å². The zero-order valence-corrected chi connectivity index (χ0v) is 16.9. The van der Waals surface area contributed by atoms with E-state index < -0.39 is 0 Å². The Morgan fingerprint density at radius 3 is 2.36 bits per heavy atom. The van der Waals surface area contributed by atoms with Gasteiger partial charge in [-0.1, -0.05) is 30.3 Å². The van der Waals surface area contributed by atoms with Gasteiger partial charge < -0.3 is 15.4 Å². The van der Waals surface area contributed by atoms with Crippen LogP contribution in [0.2, 0.25) is 0 Å². The summed E-state index contributed by atoms with van der Waals surface area (Å²) < 4.78 is 5.69. The molecule has 0 spiro atoms. The molecule has 5 heteroatoms. The second-order valence-corrected chi connectivity index (χ2v) is 6.98. The minimum absolute atomic E-state index is 0.202. The molecular formula is C23H22N2O2S. The lowest BCUT2D eigenvalue weighted by molar-refractivity contribution is 0.102. The summed E-state index contributed by atoms with van der Waals surface area (Å²) in [6.45, 7) is 6.04. The summed E-state index contributed by atoms with van der Waals surface area (Å²) in [4.78, 5) is 12.6. The summed E-state index contributed by atoms with van der Waals surface area (Å²) in [6, 6.07) is 20.6. The van der Waals surface area contributed by atoms with Crippen molar-refractivity contribution in [2.24, 2.45) is 0 Å². The number of hydrogen-bond acceptors (Lipinski definition) is 3. The number of carbonyl (C=O) groups is 1. The minimum Gasteiger partial charge on any atom is -0.432 e. The highest BCUT2D eigenvalue weighted by Crippen LogP contribution is 2.19.